The number of aromatic nitrogens is 2. The van der Waals surface area contributed by atoms with E-state index in [9.17, 15) is 9.59 Å². The monoisotopic (exact) mass is 334 g/mol. The molecule has 5 rings (SSSR count). The van der Waals surface area contributed by atoms with E-state index in [1.807, 2.05) is 0 Å². The lowest BCUT2D eigenvalue weighted by Gasteiger charge is -2.56. The van der Waals surface area contributed by atoms with E-state index in [1.165, 1.54) is 44.2 Å². The predicted molar refractivity (Wildman–Crippen MR) is 87.7 cm³/mol. The lowest BCUT2D eigenvalue weighted by Crippen LogP contribution is -2.50. The highest BCUT2D eigenvalue weighted by Gasteiger charge is 2.54. The Labute approximate surface area is 139 Å². The van der Waals surface area contributed by atoms with Crippen molar-refractivity contribution in [2.75, 3.05) is 12.9 Å². The third-order valence-electron chi connectivity index (χ3n) is 5.88. The normalized spacial score (nSPS) is 34.6. The van der Waals surface area contributed by atoms with E-state index >= 15 is 0 Å². The van der Waals surface area contributed by atoms with E-state index in [0.717, 1.165) is 37.0 Å². The molecule has 0 atom stereocenters. The molecular formula is C17H22N2O3S. The standard InChI is InChI=1S/C17H22N2O3S/c1-22-15-5-14(21)18-16(19-15)23-9-13(20)17-6-10-2-11(7-17)4-12(3-10)8-17/h5,10-12H,2-4,6-9H2,1H3,(H,18,19,21). The van der Waals surface area contributed by atoms with E-state index in [-0.39, 0.29) is 11.0 Å². The molecule has 23 heavy (non-hydrogen) atoms. The average molecular weight is 334 g/mol. The number of hydrogen-bond donors (Lipinski definition) is 1. The number of hydrogen-bond acceptors (Lipinski definition) is 5. The Morgan fingerprint density at radius 3 is 2.48 bits per heavy atom. The number of methoxy groups -OCH3 is 1. The Morgan fingerprint density at radius 2 is 1.91 bits per heavy atom. The number of ketones is 1. The number of nitrogens with zero attached hydrogens (tertiary/aromatic N) is 1. The molecule has 4 bridgehead atoms. The Balaban J connectivity index is 1.46. The van der Waals surface area contributed by atoms with Crippen molar-refractivity contribution < 1.29 is 9.53 Å². The Bertz CT molecular complexity index is 649. The molecule has 0 amide bonds. The van der Waals surface area contributed by atoms with Crippen molar-refractivity contribution in [3.05, 3.63) is 16.4 Å². The van der Waals surface area contributed by atoms with Crippen molar-refractivity contribution in [2.45, 2.75) is 43.7 Å². The highest BCUT2D eigenvalue weighted by Crippen LogP contribution is 2.60. The largest absolute Gasteiger partial charge is 0.481 e. The number of Topliss-reactive ketones (excluding diaryl/α,β-unsaturated/α-hetero) is 1. The van der Waals surface area contributed by atoms with Gasteiger partial charge in [0.15, 0.2) is 5.16 Å². The second-order valence-corrected chi connectivity index (χ2v) is 8.47. The molecule has 6 heteroatoms. The summed E-state index contributed by atoms with van der Waals surface area (Å²) in [6.45, 7) is 0. The van der Waals surface area contributed by atoms with Gasteiger partial charge in [-0.1, -0.05) is 11.8 Å². The third-order valence-corrected chi connectivity index (χ3v) is 6.75. The van der Waals surface area contributed by atoms with Gasteiger partial charge in [0.2, 0.25) is 5.88 Å². The van der Waals surface area contributed by atoms with Crippen LogP contribution in [-0.2, 0) is 4.79 Å². The molecule has 1 N–H and O–H groups in total. The lowest BCUT2D eigenvalue weighted by molar-refractivity contribution is -0.141. The maximum Gasteiger partial charge on any atom is 0.255 e. The molecule has 0 unspecified atom stereocenters. The van der Waals surface area contributed by atoms with Gasteiger partial charge >= 0.3 is 0 Å². The number of aromatic amines is 1. The molecule has 0 aromatic carbocycles. The quantitative estimate of drug-likeness (QED) is 0.662. The number of ether oxygens (including phenoxy) is 1. The van der Waals surface area contributed by atoms with Crippen LogP contribution in [0.25, 0.3) is 0 Å². The summed E-state index contributed by atoms with van der Waals surface area (Å²) in [5.41, 5.74) is -0.331. The molecule has 0 radical (unpaired) electrons. The fraction of sp³-hybridized carbons (Fsp3) is 0.706. The van der Waals surface area contributed by atoms with Gasteiger partial charge in [-0.15, -0.1) is 0 Å². The van der Waals surface area contributed by atoms with Crippen LogP contribution in [-0.4, -0.2) is 28.6 Å². The van der Waals surface area contributed by atoms with Gasteiger partial charge in [0.1, 0.15) is 5.78 Å². The maximum atomic E-state index is 12.9. The summed E-state index contributed by atoms with van der Waals surface area (Å²) in [6, 6.07) is 1.31. The van der Waals surface area contributed by atoms with Gasteiger partial charge in [0.05, 0.1) is 18.9 Å². The minimum absolute atomic E-state index is 0.0824. The molecule has 0 aliphatic heterocycles. The molecule has 1 aromatic heterocycles. The van der Waals surface area contributed by atoms with Crippen LogP contribution in [0, 0.1) is 23.2 Å². The van der Waals surface area contributed by atoms with Gasteiger partial charge in [0, 0.05) is 5.41 Å². The van der Waals surface area contributed by atoms with Gasteiger partial charge < -0.3 is 9.72 Å². The molecule has 4 saturated carbocycles. The van der Waals surface area contributed by atoms with Crippen molar-refractivity contribution in [3.8, 4) is 5.88 Å². The first-order valence-electron chi connectivity index (χ1n) is 8.38. The van der Waals surface area contributed by atoms with Crippen LogP contribution in [0.15, 0.2) is 16.0 Å². The minimum atomic E-state index is -0.249. The van der Waals surface area contributed by atoms with Crippen LogP contribution in [0.2, 0.25) is 0 Å². The van der Waals surface area contributed by atoms with Crippen LogP contribution in [0.4, 0.5) is 0 Å². The number of rotatable bonds is 5. The summed E-state index contributed by atoms with van der Waals surface area (Å²) in [6.07, 6.45) is 7.26. The zero-order valence-corrected chi connectivity index (χ0v) is 14.2. The summed E-state index contributed by atoms with van der Waals surface area (Å²) in [4.78, 5) is 31.4. The Hall–Kier alpha value is -1.30. The SMILES string of the molecule is COc1cc(=O)[nH]c(SCC(=O)C23CC4CC(CC(C4)C2)C3)n1. The van der Waals surface area contributed by atoms with Gasteiger partial charge in [0.25, 0.3) is 5.56 Å². The van der Waals surface area contributed by atoms with E-state index < -0.39 is 0 Å². The van der Waals surface area contributed by atoms with Crippen molar-refractivity contribution in [1.82, 2.24) is 9.97 Å². The van der Waals surface area contributed by atoms with Gasteiger partial charge in [-0.2, -0.15) is 4.98 Å². The fourth-order valence-electron chi connectivity index (χ4n) is 5.33. The van der Waals surface area contributed by atoms with E-state index in [0.29, 0.717) is 22.6 Å². The van der Waals surface area contributed by atoms with Crippen molar-refractivity contribution in [1.29, 1.82) is 0 Å². The Morgan fingerprint density at radius 1 is 1.30 bits per heavy atom. The summed E-state index contributed by atoms with van der Waals surface area (Å²) in [5.74, 6) is 3.34. The van der Waals surface area contributed by atoms with Crippen molar-refractivity contribution >= 4 is 17.5 Å². The zero-order valence-electron chi connectivity index (χ0n) is 13.3. The summed E-state index contributed by atoms with van der Waals surface area (Å²) in [5, 5.41) is 0.465. The fourth-order valence-corrected chi connectivity index (χ4v) is 6.23. The smallest absolute Gasteiger partial charge is 0.255 e. The van der Waals surface area contributed by atoms with E-state index in [1.54, 1.807) is 0 Å². The lowest BCUT2D eigenvalue weighted by atomic mass is 9.48. The van der Waals surface area contributed by atoms with Crippen LogP contribution in [0.3, 0.4) is 0 Å². The zero-order chi connectivity index (χ0) is 16.0. The predicted octanol–water partition coefficient (Wildman–Crippen LogP) is 2.66. The molecule has 124 valence electrons. The number of carbonyl (C=O) groups excluding carboxylic acids is 1. The first-order valence-corrected chi connectivity index (χ1v) is 9.36. The van der Waals surface area contributed by atoms with Gasteiger partial charge in [-0.3, -0.25) is 9.59 Å². The van der Waals surface area contributed by atoms with Crippen molar-refractivity contribution in [3.63, 3.8) is 0 Å². The molecule has 4 aliphatic carbocycles. The van der Waals surface area contributed by atoms with Crippen LogP contribution < -0.4 is 10.3 Å². The first-order chi connectivity index (χ1) is 11.1. The second kappa shape index (κ2) is 5.65. The summed E-state index contributed by atoms with van der Waals surface area (Å²) < 4.78 is 5.01. The molecular weight excluding hydrogens is 312 g/mol. The van der Waals surface area contributed by atoms with Crippen molar-refractivity contribution in [2.24, 2.45) is 23.2 Å². The molecule has 4 aliphatic rings. The first kappa shape index (κ1) is 15.2. The Kier molecular flexibility index (Phi) is 3.75. The molecule has 0 spiro atoms. The maximum absolute atomic E-state index is 12.9. The van der Waals surface area contributed by atoms with E-state index in [2.05, 4.69) is 9.97 Å². The number of H-pyrrole nitrogens is 1. The van der Waals surface area contributed by atoms with Crippen LogP contribution in [0.5, 0.6) is 5.88 Å². The summed E-state index contributed by atoms with van der Waals surface area (Å²) >= 11 is 1.32. The number of nitrogens with one attached hydrogen (secondary N) is 1. The van der Waals surface area contributed by atoms with Crippen LogP contribution >= 0.6 is 11.8 Å². The average Bonchev–Trinajstić information content (AvgIpc) is 2.50. The van der Waals surface area contributed by atoms with Gasteiger partial charge in [-0.25, -0.2) is 0 Å². The summed E-state index contributed by atoms with van der Waals surface area (Å²) in [7, 11) is 1.48. The highest BCUT2D eigenvalue weighted by molar-refractivity contribution is 7.99. The molecule has 1 heterocycles. The molecule has 4 fully saturated rings. The topological polar surface area (TPSA) is 72.1 Å². The molecule has 1 aromatic rings. The minimum Gasteiger partial charge on any atom is -0.481 e. The second-order valence-electron chi connectivity index (χ2n) is 7.50. The van der Waals surface area contributed by atoms with Crippen LogP contribution in [0.1, 0.15) is 38.5 Å². The molecule has 0 saturated heterocycles. The van der Waals surface area contributed by atoms with Gasteiger partial charge in [-0.05, 0) is 56.3 Å². The highest BCUT2D eigenvalue weighted by atomic mass is 32.2. The van der Waals surface area contributed by atoms with E-state index in [4.69, 9.17) is 4.74 Å². The molecule has 5 nitrogen and oxygen atoms in total. The number of carbonyl (C=O) groups is 1. The number of thioether (sulfide) groups is 1. The third kappa shape index (κ3) is 2.82.